The summed E-state index contributed by atoms with van der Waals surface area (Å²) in [4.78, 5) is 4.07. The zero-order chi connectivity index (χ0) is 13.0. The normalized spacial score (nSPS) is 10.6. The predicted octanol–water partition coefficient (Wildman–Crippen LogP) is 2.48. The fraction of sp³-hybridized carbons (Fsp3) is 0.308. The minimum atomic E-state index is 0.510. The highest BCUT2D eigenvalue weighted by Gasteiger charge is 2.08. The van der Waals surface area contributed by atoms with E-state index in [4.69, 9.17) is 4.74 Å². The molecule has 0 unspecified atom stereocenters. The first-order chi connectivity index (χ1) is 8.72. The van der Waals surface area contributed by atoms with Gasteiger partial charge < -0.3 is 14.6 Å². The molecule has 0 aliphatic rings. The van der Waals surface area contributed by atoms with Crippen molar-refractivity contribution in [1.82, 2.24) is 14.9 Å². The van der Waals surface area contributed by atoms with Gasteiger partial charge in [-0.25, -0.2) is 4.98 Å². The number of imidazole rings is 1. The SMILES string of the molecule is CNCc1cccc(Br)c1OCc1cncn1C. The van der Waals surface area contributed by atoms with Gasteiger partial charge in [-0.1, -0.05) is 12.1 Å². The van der Waals surface area contributed by atoms with Crippen molar-refractivity contribution in [3.8, 4) is 5.75 Å². The van der Waals surface area contributed by atoms with Crippen molar-refractivity contribution >= 4 is 15.9 Å². The largest absolute Gasteiger partial charge is 0.486 e. The van der Waals surface area contributed by atoms with Crippen LogP contribution in [0.15, 0.2) is 35.2 Å². The summed E-state index contributed by atoms with van der Waals surface area (Å²) in [5, 5.41) is 3.14. The van der Waals surface area contributed by atoms with Gasteiger partial charge in [0.25, 0.3) is 0 Å². The van der Waals surface area contributed by atoms with Crippen molar-refractivity contribution in [1.29, 1.82) is 0 Å². The van der Waals surface area contributed by atoms with Gasteiger partial charge in [-0.2, -0.15) is 0 Å². The van der Waals surface area contributed by atoms with Crippen LogP contribution in [0.5, 0.6) is 5.75 Å². The van der Waals surface area contributed by atoms with Crippen LogP contribution < -0.4 is 10.1 Å². The summed E-state index contributed by atoms with van der Waals surface area (Å²) < 4.78 is 8.82. The van der Waals surface area contributed by atoms with Crippen LogP contribution in [-0.2, 0) is 20.2 Å². The van der Waals surface area contributed by atoms with E-state index in [-0.39, 0.29) is 0 Å². The molecule has 1 N–H and O–H groups in total. The van der Waals surface area contributed by atoms with Gasteiger partial charge in [-0.05, 0) is 29.0 Å². The number of ether oxygens (including phenoxy) is 1. The van der Waals surface area contributed by atoms with Crippen LogP contribution in [0.1, 0.15) is 11.3 Å². The van der Waals surface area contributed by atoms with Crippen LogP contribution in [-0.4, -0.2) is 16.6 Å². The molecule has 18 heavy (non-hydrogen) atoms. The number of hydrogen-bond donors (Lipinski definition) is 1. The Kier molecular flexibility index (Phi) is 4.38. The quantitative estimate of drug-likeness (QED) is 0.922. The van der Waals surface area contributed by atoms with E-state index in [1.54, 1.807) is 6.33 Å². The Morgan fingerprint density at radius 3 is 2.94 bits per heavy atom. The molecule has 0 amide bonds. The molecule has 4 nitrogen and oxygen atoms in total. The van der Waals surface area contributed by atoms with Crippen molar-refractivity contribution in [2.75, 3.05) is 7.05 Å². The zero-order valence-corrected chi connectivity index (χ0v) is 12.1. The second-order valence-corrected chi connectivity index (χ2v) is 4.90. The Morgan fingerprint density at radius 2 is 2.28 bits per heavy atom. The van der Waals surface area contributed by atoms with Gasteiger partial charge in [0.05, 0.1) is 22.7 Å². The summed E-state index contributed by atoms with van der Waals surface area (Å²) in [7, 11) is 3.88. The number of aromatic nitrogens is 2. The number of benzene rings is 1. The van der Waals surface area contributed by atoms with Gasteiger partial charge in [0.1, 0.15) is 12.4 Å². The van der Waals surface area contributed by atoms with Crippen LogP contribution in [0.25, 0.3) is 0 Å². The molecular formula is C13H16BrN3O. The van der Waals surface area contributed by atoms with Gasteiger partial charge in [-0.15, -0.1) is 0 Å². The summed E-state index contributed by atoms with van der Waals surface area (Å²) in [6.07, 6.45) is 3.59. The molecular weight excluding hydrogens is 294 g/mol. The molecule has 1 heterocycles. The Hall–Kier alpha value is -1.33. The molecule has 0 fully saturated rings. The van der Waals surface area contributed by atoms with E-state index in [0.717, 1.165) is 28.0 Å². The van der Waals surface area contributed by atoms with Crippen molar-refractivity contribution in [3.05, 3.63) is 46.5 Å². The molecule has 2 rings (SSSR count). The molecule has 0 atom stereocenters. The van der Waals surface area contributed by atoms with E-state index in [2.05, 4.69) is 32.3 Å². The average Bonchev–Trinajstić information content (AvgIpc) is 2.75. The highest BCUT2D eigenvalue weighted by Crippen LogP contribution is 2.29. The fourth-order valence-electron chi connectivity index (χ4n) is 1.71. The molecule has 2 aromatic rings. The molecule has 0 saturated carbocycles. The lowest BCUT2D eigenvalue weighted by Gasteiger charge is -2.13. The lowest BCUT2D eigenvalue weighted by atomic mass is 10.2. The maximum Gasteiger partial charge on any atom is 0.138 e. The molecule has 1 aromatic carbocycles. The molecule has 0 spiro atoms. The Bertz CT molecular complexity index is 525. The lowest BCUT2D eigenvalue weighted by Crippen LogP contribution is -2.08. The summed E-state index contributed by atoms with van der Waals surface area (Å²) in [5.74, 6) is 0.882. The number of nitrogens with zero attached hydrogens (tertiary/aromatic N) is 2. The van der Waals surface area contributed by atoms with Crippen LogP contribution in [0.2, 0.25) is 0 Å². The summed E-state index contributed by atoms with van der Waals surface area (Å²) in [6, 6.07) is 6.05. The Labute approximate surface area is 115 Å². The molecule has 0 aliphatic carbocycles. The molecule has 0 bridgehead atoms. The van der Waals surface area contributed by atoms with Crippen molar-refractivity contribution in [3.63, 3.8) is 0 Å². The Morgan fingerprint density at radius 1 is 1.44 bits per heavy atom. The van der Waals surface area contributed by atoms with E-state index in [9.17, 15) is 0 Å². The fourth-order valence-corrected chi connectivity index (χ4v) is 2.24. The third kappa shape index (κ3) is 2.91. The van der Waals surface area contributed by atoms with Crippen LogP contribution in [0.3, 0.4) is 0 Å². The summed E-state index contributed by atoms with van der Waals surface area (Å²) >= 11 is 3.52. The average molecular weight is 310 g/mol. The van der Waals surface area contributed by atoms with E-state index in [0.29, 0.717) is 6.61 Å². The van der Waals surface area contributed by atoms with Gasteiger partial charge in [0, 0.05) is 19.2 Å². The standard InChI is InChI=1S/C13H16BrN3O/c1-15-6-10-4-3-5-12(14)13(10)18-8-11-7-16-9-17(11)2/h3-5,7,9,15H,6,8H2,1-2H3. The second kappa shape index (κ2) is 6.02. The van der Waals surface area contributed by atoms with Crippen molar-refractivity contribution in [2.24, 2.45) is 7.05 Å². The maximum absolute atomic E-state index is 5.90. The van der Waals surface area contributed by atoms with Gasteiger partial charge in [0.2, 0.25) is 0 Å². The number of aryl methyl sites for hydroxylation is 1. The number of rotatable bonds is 5. The number of nitrogens with one attached hydrogen (secondary N) is 1. The highest BCUT2D eigenvalue weighted by molar-refractivity contribution is 9.10. The number of hydrogen-bond acceptors (Lipinski definition) is 3. The minimum Gasteiger partial charge on any atom is -0.486 e. The lowest BCUT2D eigenvalue weighted by molar-refractivity contribution is 0.291. The maximum atomic E-state index is 5.90. The van der Waals surface area contributed by atoms with Gasteiger partial charge in [0.15, 0.2) is 0 Å². The zero-order valence-electron chi connectivity index (χ0n) is 10.5. The summed E-state index contributed by atoms with van der Waals surface area (Å²) in [5.41, 5.74) is 2.18. The van der Waals surface area contributed by atoms with E-state index < -0.39 is 0 Å². The van der Waals surface area contributed by atoms with Crippen LogP contribution in [0.4, 0.5) is 0 Å². The van der Waals surface area contributed by atoms with E-state index >= 15 is 0 Å². The number of para-hydroxylation sites is 1. The monoisotopic (exact) mass is 309 g/mol. The van der Waals surface area contributed by atoms with Gasteiger partial charge in [-0.3, -0.25) is 0 Å². The topological polar surface area (TPSA) is 39.1 Å². The first kappa shape index (κ1) is 13.1. The molecule has 0 radical (unpaired) electrons. The van der Waals surface area contributed by atoms with Crippen LogP contribution >= 0.6 is 15.9 Å². The smallest absolute Gasteiger partial charge is 0.138 e. The first-order valence-electron chi connectivity index (χ1n) is 5.72. The molecule has 5 heteroatoms. The van der Waals surface area contributed by atoms with Gasteiger partial charge >= 0.3 is 0 Å². The Balaban J connectivity index is 2.15. The molecule has 96 valence electrons. The second-order valence-electron chi connectivity index (χ2n) is 4.04. The van der Waals surface area contributed by atoms with Crippen molar-refractivity contribution in [2.45, 2.75) is 13.2 Å². The third-order valence-electron chi connectivity index (χ3n) is 2.70. The molecule has 1 aromatic heterocycles. The molecule has 0 saturated heterocycles. The highest BCUT2D eigenvalue weighted by atomic mass is 79.9. The minimum absolute atomic E-state index is 0.510. The van der Waals surface area contributed by atoms with E-state index in [1.165, 1.54) is 0 Å². The van der Waals surface area contributed by atoms with E-state index in [1.807, 2.05) is 37.0 Å². The first-order valence-corrected chi connectivity index (χ1v) is 6.51. The van der Waals surface area contributed by atoms with Crippen LogP contribution in [0, 0.1) is 0 Å². The molecule has 0 aliphatic heterocycles. The van der Waals surface area contributed by atoms with Crippen molar-refractivity contribution < 1.29 is 4.74 Å². The summed E-state index contributed by atoms with van der Waals surface area (Å²) in [6.45, 7) is 1.29. The predicted molar refractivity (Wildman–Crippen MR) is 74.4 cm³/mol. The number of halogens is 1. The third-order valence-corrected chi connectivity index (χ3v) is 3.32.